The molecule has 0 bridgehead atoms. The fourth-order valence-electron chi connectivity index (χ4n) is 3.21. The summed E-state index contributed by atoms with van der Waals surface area (Å²) in [5.41, 5.74) is -0.576. The second-order valence-electron chi connectivity index (χ2n) is 6.21. The highest BCUT2D eigenvalue weighted by atomic mass is 19.4. The van der Waals surface area contributed by atoms with Gasteiger partial charge in [0.1, 0.15) is 5.82 Å². The molecule has 1 unspecified atom stereocenters. The Morgan fingerprint density at radius 2 is 2.00 bits per heavy atom. The van der Waals surface area contributed by atoms with Crippen LogP contribution in [0.5, 0.6) is 0 Å². The van der Waals surface area contributed by atoms with Gasteiger partial charge in [0.05, 0.1) is 17.8 Å². The van der Waals surface area contributed by atoms with E-state index >= 15 is 0 Å². The van der Waals surface area contributed by atoms with E-state index in [0.29, 0.717) is 16.9 Å². The van der Waals surface area contributed by atoms with Crippen molar-refractivity contribution in [3.8, 4) is 0 Å². The molecule has 1 atom stereocenters. The van der Waals surface area contributed by atoms with E-state index in [0.717, 1.165) is 11.2 Å². The zero-order chi connectivity index (χ0) is 17.1. The molecule has 1 fully saturated rings. The molecule has 0 radical (unpaired) electrons. The standard InChI is InChI=1S/C16H15F3N4O/c1-10-8-13-20-14(11-4-2-3-5-12(11)23(13)21-10)22-7-6-15(24,9-22)16(17,18)19/h2-5,8,24H,6-7,9H2,1H3. The molecule has 3 heterocycles. The highest BCUT2D eigenvalue weighted by Crippen LogP contribution is 2.40. The number of hydrogen-bond acceptors (Lipinski definition) is 4. The minimum absolute atomic E-state index is 0.0935. The van der Waals surface area contributed by atoms with E-state index in [2.05, 4.69) is 10.1 Å². The van der Waals surface area contributed by atoms with Crippen LogP contribution in [0.4, 0.5) is 19.0 Å². The van der Waals surface area contributed by atoms with Crippen LogP contribution in [-0.4, -0.2) is 44.6 Å². The molecule has 0 amide bonds. The van der Waals surface area contributed by atoms with Gasteiger partial charge in [-0.25, -0.2) is 9.50 Å². The SMILES string of the molecule is Cc1cc2nc(N3CCC(O)(C(F)(F)F)C3)c3ccccc3n2n1. The van der Waals surface area contributed by atoms with E-state index in [1.54, 1.807) is 16.6 Å². The third-order valence-electron chi connectivity index (χ3n) is 4.48. The quantitative estimate of drug-likeness (QED) is 0.742. The van der Waals surface area contributed by atoms with Crippen molar-refractivity contribution in [2.24, 2.45) is 0 Å². The van der Waals surface area contributed by atoms with Crippen LogP contribution >= 0.6 is 0 Å². The van der Waals surface area contributed by atoms with Crippen LogP contribution in [-0.2, 0) is 0 Å². The number of β-amino-alcohol motifs (C(OH)–C–C–N with tert-alkyl or cyclic N) is 1. The van der Waals surface area contributed by atoms with Crippen LogP contribution in [0.15, 0.2) is 30.3 Å². The lowest BCUT2D eigenvalue weighted by molar-refractivity contribution is -0.250. The molecule has 0 aliphatic carbocycles. The minimum atomic E-state index is -4.66. The second-order valence-corrected chi connectivity index (χ2v) is 6.21. The van der Waals surface area contributed by atoms with Crippen LogP contribution in [0.3, 0.4) is 0 Å². The number of rotatable bonds is 1. The number of nitrogens with zero attached hydrogens (tertiary/aromatic N) is 4. The highest BCUT2D eigenvalue weighted by molar-refractivity contribution is 5.92. The highest BCUT2D eigenvalue weighted by Gasteiger charge is 2.57. The van der Waals surface area contributed by atoms with Gasteiger partial charge in [0.25, 0.3) is 0 Å². The first-order valence-electron chi connectivity index (χ1n) is 7.58. The van der Waals surface area contributed by atoms with Crippen LogP contribution < -0.4 is 4.90 Å². The van der Waals surface area contributed by atoms with Crippen molar-refractivity contribution in [2.45, 2.75) is 25.1 Å². The molecule has 0 spiro atoms. The van der Waals surface area contributed by atoms with Gasteiger partial charge in [-0.3, -0.25) is 0 Å². The van der Waals surface area contributed by atoms with Crippen LogP contribution in [0.25, 0.3) is 16.6 Å². The van der Waals surface area contributed by atoms with Crippen molar-refractivity contribution in [1.29, 1.82) is 0 Å². The van der Waals surface area contributed by atoms with E-state index < -0.39 is 18.3 Å². The molecule has 4 rings (SSSR count). The Morgan fingerprint density at radius 3 is 2.71 bits per heavy atom. The van der Waals surface area contributed by atoms with E-state index in [1.165, 1.54) is 4.90 Å². The summed E-state index contributed by atoms with van der Waals surface area (Å²) in [6.07, 6.45) is -5.02. The fraction of sp³-hybridized carbons (Fsp3) is 0.375. The zero-order valence-electron chi connectivity index (χ0n) is 12.9. The van der Waals surface area contributed by atoms with Crippen molar-refractivity contribution in [1.82, 2.24) is 14.6 Å². The Hall–Kier alpha value is -2.35. The zero-order valence-corrected chi connectivity index (χ0v) is 12.9. The molecule has 2 aromatic heterocycles. The van der Waals surface area contributed by atoms with Gasteiger partial charge in [-0.05, 0) is 19.1 Å². The largest absolute Gasteiger partial charge is 0.418 e. The molecule has 1 saturated heterocycles. The van der Waals surface area contributed by atoms with Crippen LogP contribution in [0.1, 0.15) is 12.1 Å². The number of hydrogen-bond donors (Lipinski definition) is 1. The molecule has 1 N–H and O–H groups in total. The summed E-state index contributed by atoms with van der Waals surface area (Å²) < 4.78 is 41.0. The predicted molar refractivity (Wildman–Crippen MR) is 83.1 cm³/mol. The van der Waals surface area contributed by atoms with Gasteiger partial charge >= 0.3 is 6.18 Å². The lowest BCUT2D eigenvalue weighted by atomic mass is 10.0. The van der Waals surface area contributed by atoms with Crippen molar-refractivity contribution in [3.05, 3.63) is 36.0 Å². The molecule has 24 heavy (non-hydrogen) atoms. The molecule has 8 heteroatoms. The molecule has 1 aliphatic rings. The number of anilines is 1. The first kappa shape index (κ1) is 15.2. The summed E-state index contributed by atoms with van der Waals surface area (Å²) >= 11 is 0. The first-order valence-corrected chi connectivity index (χ1v) is 7.58. The summed E-state index contributed by atoms with van der Waals surface area (Å²) in [6, 6.07) is 9.09. The summed E-state index contributed by atoms with van der Waals surface area (Å²) in [6.45, 7) is 1.41. The van der Waals surface area contributed by atoms with E-state index in [1.807, 2.05) is 25.1 Å². The maximum absolute atomic E-state index is 13.1. The Labute approximate surface area is 135 Å². The third-order valence-corrected chi connectivity index (χ3v) is 4.48. The first-order chi connectivity index (χ1) is 11.3. The molecule has 126 valence electrons. The Kier molecular flexibility index (Phi) is 3.05. The van der Waals surface area contributed by atoms with Gasteiger partial charge < -0.3 is 10.0 Å². The topological polar surface area (TPSA) is 53.7 Å². The third kappa shape index (κ3) is 2.13. The summed E-state index contributed by atoms with van der Waals surface area (Å²) in [5, 5.41) is 15.0. The lowest BCUT2D eigenvalue weighted by Crippen LogP contribution is -2.47. The lowest BCUT2D eigenvalue weighted by Gasteiger charge is -2.26. The Bertz CT molecular complexity index is 936. The maximum atomic E-state index is 13.1. The number of aryl methyl sites for hydroxylation is 1. The summed E-state index contributed by atoms with van der Waals surface area (Å²) in [5.74, 6) is 0.443. The minimum Gasteiger partial charge on any atom is -0.379 e. The van der Waals surface area contributed by atoms with Crippen LogP contribution in [0, 0.1) is 6.92 Å². The Morgan fingerprint density at radius 1 is 1.25 bits per heavy atom. The maximum Gasteiger partial charge on any atom is 0.418 e. The van der Waals surface area contributed by atoms with Crippen molar-refractivity contribution in [3.63, 3.8) is 0 Å². The van der Waals surface area contributed by atoms with E-state index in [-0.39, 0.29) is 13.0 Å². The number of halogens is 3. The number of alkyl halides is 3. The Balaban J connectivity index is 1.87. The average molecular weight is 336 g/mol. The molecule has 5 nitrogen and oxygen atoms in total. The van der Waals surface area contributed by atoms with Gasteiger partial charge in [-0.1, -0.05) is 12.1 Å². The molecule has 3 aromatic rings. The van der Waals surface area contributed by atoms with Gasteiger partial charge in [0.15, 0.2) is 11.2 Å². The molecule has 1 aromatic carbocycles. The number of aromatic nitrogens is 3. The van der Waals surface area contributed by atoms with Gasteiger partial charge in [-0.2, -0.15) is 18.3 Å². The van der Waals surface area contributed by atoms with Crippen molar-refractivity contribution < 1.29 is 18.3 Å². The monoisotopic (exact) mass is 336 g/mol. The number of benzene rings is 1. The summed E-state index contributed by atoms with van der Waals surface area (Å²) in [4.78, 5) is 6.00. The van der Waals surface area contributed by atoms with E-state index in [9.17, 15) is 18.3 Å². The van der Waals surface area contributed by atoms with Gasteiger partial charge in [-0.15, -0.1) is 0 Å². The molecule has 1 aliphatic heterocycles. The average Bonchev–Trinajstić information content (AvgIpc) is 3.09. The summed E-state index contributed by atoms with van der Waals surface area (Å²) in [7, 11) is 0. The van der Waals surface area contributed by atoms with Crippen LogP contribution in [0.2, 0.25) is 0 Å². The smallest absolute Gasteiger partial charge is 0.379 e. The fourth-order valence-corrected chi connectivity index (χ4v) is 3.21. The number of para-hydroxylation sites is 1. The number of fused-ring (bicyclic) bond motifs is 3. The normalized spacial score (nSPS) is 22.0. The van der Waals surface area contributed by atoms with E-state index in [4.69, 9.17) is 0 Å². The number of aliphatic hydroxyl groups is 1. The van der Waals surface area contributed by atoms with Gasteiger partial charge in [0, 0.05) is 24.4 Å². The molecular weight excluding hydrogens is 321 g/mol. The predicted octanol–water partition coefficient (Wildman–Crippen LogP) is 2.69. The second kappa shape index (κ2) is 4.83. The van der Waals surface area contributed by atoms with Crippen molar-refractivity contribution in [2.75, 3.05) is 18.0 Å². The molecular formula is C16H15F3N4O. The molecule has 0 saturated carbocycles. The van der Waals surface area contributed by atoms with Gasteiger partial charge in [0.2, 0.25) is 0 Å². The van der Waals surface area contributed by atoms with Crippen molar-refractivity contribution >= 4 is 22.4 Å².